The molecule has 3 heteroatoms. The molecule has 0 aliphatic rings. The highest BCUT2D eigenvalue weighted by molar-refractivity contribution is 5.47. The third kappa shape index (κ3) is 11.9. The van der Waals surface area contributed by atoms with Crippen molar-refractivity contribution >= 4 is 6.41 Å². The fourth-order valence-electron chi connectivity index (χ4n) is 2.11. The summed E-state index contributed by atoms with van der Waals surface area (Å²) >= 11 is 0. The molecule has 0 saturated heterocycles. The maximum atomic E-state index is 10.4. The third-order valence-corrected chi connectivity index (χ3v) is 3.35. The molecule has 0 aliphatic carbocycles. The summed E-state index contributed by atoms with van der Waals surface area (Å²) in [7, 11) is 1.76. The Balaban J connectivity index is 3.18. The third-order valence-electron chi connectivity index (χ3n) is 3.35. The minimum atomic E-state index is -0.0398. The number of rotatable bonds is 13. The van der Waals surface area contributed by atoms with Gasteiger partial charge in [-0.2, -0.15) is 0 Å². The van der Waals surface area contributed by atoms with Gasteiger partial charge in [-0.05, 0) is 26.7 Å². The van der Waals surface area contributed by atoms with Crippen LogP contribution in [0.15, 0.2) is 0 Å². The molecule has 0 aliphatic heterocycles. The Hall–Kier alpha value is -0.570. The Labute approximate surface area is 113 Å². The van der Waals surface area contributed by atoms with Gasteiger partial charge >= 0.3 is 0 Å². The van der Waals surface area contributed by atoms with Gasteiger partial charge in [-0.3, -0.25) is 4.79 Å². The van der Waals surface area contributed by atoms with Crippen LogP contribution in [-0.2, 0) is 9.53 Å². The van der Waals surface area contributed by atoms with Gasteiger partial charge in [0.05, 0.1) is 0 Å². The van der Waals surface area contributed by atoms with Crippen LogP contribution in [0.25, 0.3) is 0 Å². The first kappa shape index (κ1) is 17.4. The molecule has 0 bridgehead atoms. The van der Waals surface area contributed by atoms with E-state index >= 15 is 0 Å². The summed E-state index contributed by atoms with van der Waals surface area (Å²) in [5.74, 6) is 0. The molecule has 108 valence electrons. The quantitative estimate of drug-likeness (QED) is 0.404. The molecule has 1 N–H and O–H groups in total. The molecule has 0 saturated carbocycles. The Bertz CT molecular complexity index is 193. The predicted octanol–water partition coefficient (Wildman–Crippen LogP) is 3.67. The second-order valence-electron chi connectivity index (χ2n) is 5.72. The van der Waals surface area contributed by atoms with E-state index < -0.39 is 0 Å². The maximum absolute atomic E-state index is 10.4. The number of carbonyl (C=O) groups excluding carboxylic acids is 1. The van der Waals surface area contributed by atoms with Gasteiger partial charge < -0.3 is 10.1 Å². The number of methoxy groups -OCH3 is 1. The van der Waals surface area contributed by atoms with Gasteiger partial charge in [-0.25, -0.2) is 0 Å². The normalized spacial score (nSPS) is 11.5. The standard InChI is InChI=1S/C15H31NO2/c1-15(2,16-14-17)12-10-8-6-4-5-7-9-11-13-18-3/h14H,4-13H2,1-3H3,(H,16,17). The van der Waals surface area contributed by atoms with Crippen molar-refractivity contribution < 1.29 is 9.53 Å². The summed E-state index contributed by atoms with van der Waals surface area (Å²) in [6, 6.07) is 0. The number of hydrogen-bond donors (Lipinski definition) is 1. The van der Waals surface area contributed by atoms with Crippen molar-refractivity contribution in [2.24, 2.45) is 0 Å². The summed E-state index contributed by atoms with van der Waals surface area (Å²) in [5.41, 5.74) is -0.0398. The molecule has 3 nitrogen and oxygen atoms in total. The van der Waals surface area contributed by atoms with Gasteiger partial charge in [0.15, 0.2) is 0 Å². The average molecular weight is 257 g/mol. The lowest BCUT2D eigenvalue weighted by Crippen LogP contribution is -2.37. The average Bonchev–Trinajstić information content (AvgIpc) is 2.31. The highest BCUT2D eigenvalue weighted by atomic mass is 16.5. The van der Waals surface area contributed by atoms with Crippen LogP contribution < -0.4 is 5.32 Å². The first-order valence-electron chi connectivity index (χ1n) is 7.32. The van der Waals surface area contributed by atoms with Gasteiger partial charge in [0.1, 0.15) is 0 Å². The summed E-state index contributed by atoms with van der Waals surface area (Å²) in [5, 5.41) is 2.86. The fraction of sp³-hybridized carbons (Fsp3) is 0.933. The second kappa shape index (κ2) is 11.5. The second-order valence-corrected chi connectivity index (χ2v) is 5.72. The lowest BCUT2D eigenvalue weighted by molar-refractivity contribution is -0.111. The maximum Gasteiger partial charge on any atom is 0.207 e. The van der Waals surface area contributed by atoms with Crippen molar-refractivity contribution in [1.29, 1.82) is 0 Å². The molecule has 0 fully saturated rings. The van der Waals surface area contributed by atoms with Crippen molar-refractivity contribution in [2.45, 2.75) is 77.2 Å². The lowest BCUT2D eigenvalue weighted by atomic mass is 9.96. The molecule has 0 atom stereocenters. The highest BCUT2D eigenvalue weighted by Gasteiger charge is 2.14. The molecule has 0 rings (SSSR count). The number of unbranched alkanes of at least 4 members (excludes halogenated alkanes) is 7. The van der Waals surface area contributed by atoms with Crippen LogP contribution >= 0.6 is 0 Å². The number of hydrogen-bond acceptors (Lipinski definition) is 2. The molecule has 1 amide bonds. The molecule has 0 aromatic carbocycles. The molecule has 0 heterocycles. The van der Waals surface area contributed by atoms with Crippen molar-refractivity contribution in [3.05, 3.63) is 0 Å². The van der Waals surface area contributed by atoms with Gasteiger partial charge in [0, 0.05) is 19.3 Å². The minimum Gasteiger partial charge on any atom is -0.385 e. The van der Waals surface area contributed by atoms with Crippen LogP contribution in [0, 0.1) is 0 Å². The van der Waals surface area contributed by atoms with Crippen molar-refractivity contribution in [3.8, 4) is 0 Å². The zero-order chi connectivity index (χ0) is 13.7. The first-order chi connectivity index (χ1) is 8.62. The van der Waals surface area contributed by atoms with Gasteiger partial charge in [-0.1, -0.05) is 44.9 Å². The van der Waals surface area contributed by atoms with Crippen molar-refractivity contribution in [3.63, 3.8) is 0 Å². The Kier molecular flexibility index (Phi) is 11.2. The SMILES string of the molecule is COCCCCCCCCCCC(C)(C)NC=O. The molecule has 0 aromatic heterocycles. The summed E-state index contributed by atoms with van der Waals surface area (Å²) < 4.78 is 5.02. The fourth-order valence-corrected chi connectivity index (χ4v) is 2.11. The minimum absolute atomic E-state index is 0.0398. The lowest BCUT2D eigenvalue weighted by Gasteiger charge is -2.23. The zero-order valence-electron chi connectivity index (χ0n) is 12.5. The van der Waals surface area contributed by atoms with Crippen molar-refractivity contribution in [2.75, 3.05) is 13.7 Å². The Morgan fingerprint density at radius 2 is 1.44 bits per heavy atom. The van der Waals surface area contributed by atoms with Gasteiger partial charge in [0.2, 0.25) is 6.41 Å². The van der Waals surface area contributed by atoms with E-state index in [1.807, 2.05) is 0 Å². The predicted molar refractivity (Wildman–Crippen MR) is 76.7 cm³/mol. The van der Waals surface area contributed by atoms with E-state index in [-0.39, 0.29) is 5.54 Å². The number of nitrogens with one attached hydrogen (secondary N) is 1. The smallest absolute Gasteiger partial charge is 0.207 e. The van der Waals surface area contributed by atoms with Crippen LogP contribution in [0.5, 0.6) is 0 Å². The van der Waals surface area contributed by atoms with Gasteiger partial charge in [0.25, 0.3) is 0 Å². The molecule has 0 aromatic rings. The molecule has 0 radical (unpaired) electrons. The van der Waals surface area contributed by atoms with Crippen LogP contribution in [0.1, 0.15) is 71.6 Å². The Morgan fingerprint density at radius 3 is 1.94 bits per heavy atom. The van der Waals surface area contributed by atoms with Crippen LogP contribution in [-0.4, -0.2) is 25.7 Å². The van der Waals surface area contributed by atoms with E-state index in [9.17, 15) is 4.79 Å². The highest BCUT2D eigenvalue weighted by Crippen LogP contribution is 2.15. The topological polar surface area (TPSA) is 38.3 Å². The largest absolute Gasteiger partial charge is 0.385 e. The number of amides is 1. The summed E-state index contributed by atoms with van der Waals surface area (Å²) in [4.78, 5) is 10.4. The monoisotopic (exact) mass is 257 g/mol. The molecular formula is C15H31NO2. The number of carbonyl (C=O) groups is 1. The molecular weight excluding hydrogens is 226 g/mol. The van der Waals surface area contributed by atoms with Crippen LogP contribution in [0.2, 0.25) is 0 Å². The number of ether oxygens (including phenoxy) is 1. The van der Waals surface area contributed by atoms with Crippen LogP contribution in [0.3, 0.4) is 0 Å². The van der Waals surface area contributed by atoms with E-state index in [2.05, 4.69) is 19.2 Å². The van der Waals surface area contributed by atoms with E-state index in [0.717, 1.165) is 19.4 Å². The van der Waals surface area contributed by atoms with E-state index in [4.69, 9.17) is 4.74 Å². The Morgan fingerprint density at radius 1 is 0.944 bits per heavy atom. The van der Waals surface area contributed by atoms with Gasteiger partial charge in [-0.15, -0.1) is 0 Å². The summed E-state index contributed by atoms with van der Waals surface area (Å²) in [6.45, 7) is 5.06. The summed E-state index contributed by atoms with van der Waals surface area (Å²) in [6.07, 6.45) is 12.2. The first-order valence-corrected chi connectivity index (χ1v) is 7.32. The molecule has 18 heavy (non-hydrogen) atoms. The molecule has 0 spiro atoms. The van der Waals surface area contributed by atoms with Crippen LogP contribution in [0.4, 0.5) is 0 Å². The zero-order valence-corrected chi connectivity index (χ0v) is 12.5. The molecule has 0 unspecified atom stereocenters. The van der Waals surface area contributed by atoms with Crippen molar-refractivity contribution in [1.82, 2.24) is 5.32 Å². The van der Waals surface area contributed by atoms with E-state index in [1.165, 1.54) is 51.4 Å². The van der Waals surface area contributed by atoms with E-state index in [1.54, 1.807) is 7.11 Å². The van der Waals surface area contributed by atoms with E-state index in [0.29, 0.717) is 0 Å².